The zero-order chi connectivity index (χ0) is 14.4. The second kappa shape index (κ2) is 4.45. The Morgan fingerprint density at radius 2 is 1.80 bits per heavy atom. The summed E-state index contributed by atoms with van der Waals surface area (Å²) in [4.78, 5) is 7.09. The lowest BCUT2D eigenvalue weighted by molar-refractivity contribution is 0.493. The zero-order valence-electron chi connectivity index (χ0n) is 10.2. The molecule has 3 nitrogen and oxygen atoms in total. The summed E-state index contributed by atoms with van der Waals surface area (Å²) in [5, 5.41) is 0. The van der Waals surface area contributed by atoms with Gasteiger partial charge in [0.2, 0.25) is 0 Å². The van der Waals surface area contributed by atoms with Crippen molar-refractivity contribution in [2.75, 3.05) is 0 Å². The lowest BCUT2D eigenvalue weighted by atomic mass is 10.2. The van der Waals surface area contributed by atoms with Gasteiger partial charge in [-0.25, -0.2) is 18.2 Å². The Kier molecular flexibility index (Phi) is 2.86. The second-order valence-corrected chi connectivity index (χ2v) is 4.69. The molecule has 0 atom stereocenters. The van der Waals surface area contributed by atoms with E-state index in [0.29, 0.717) is 22.9 Å². The molecule has 3 aromatic rings. The van der Waals surface area contributed by atoms with Crippen molar-refractivity contribution < 1.29 is 13.2 Å². The van der Waals surface area contributed by atoms with Crippen LogP contribution in [0.5, 0.6) is 0 Å². The van der Waals surface area contributed by atoms with Gasteiger partial charge in [0.1, 0.15) is 5.82 Å². The molecular formula is C13H8F3N3S. The number of pyridine rings is 1. The average molecular weight is 295 g/mol. The van der Waals surface area contributed by atoms with Crippen LogP contribution in [-0.4, -0.2) is 14.5 Å². The maximum atomic E-state index is 13.9. The number of nitrogens with zero attached hydrogens (tertiary/aromatic N) is 2. The maximum Gasteiger partial charge on any atom is 0.184 e. The number of nitrogens with one attached hydrogen (secondary N) is 1. The predicted molar refractivity (Wildman–Crippen MR) is 70.9 cm³/mol. The summed E-state index contributed by atoms with van der Waals surface area (Å²) >= 11 is 5.10. The molecule has 0 unspecified atom stereocenters. The van der Waals surface area contributed by atoms with Gasteiger partial charge >= 0.3 is 0 Å². The van der Waals surface area contributed by atoms with Gasteiger partial charge in [-0.3, -0.25) is 4.57 Å². The third-order valence-corrected chi connectivity index (χ3v) is 3.19. The van der Waals surface area contributed by atoms with E-state index in [4.69, 9.17) is 12.2 Å². The van der Waals surface area contributed by atoms with Crippen LogP contribution in [0.15, 0.2) is 24.3 Å². The Hall–Kier alpha value is -2.15. The molecule has 102 valence electrons. The molecule has 0 fully saturated rings. The molecule has 0 bridgehead atoms. The Balaban J connectivity index is 2.40. The molecule has 0 saturated carbocycles. The number of aromatic amines is 1. The van der Waals surface area contributed by atoms with E-state index in [1.807, 2.05) is 0 Å². The van der Waals surface area contributed by atoms with Crippen LogP contribution in [0.3, 0.4) is 0 Å². The number of imidazole rings is 1. The van der Waals surface area contributed by atoms with Crippen LogP contribution < -0.4 is 0 Å². The van der Waals surface area contributed by atoms with Gasteiger partial charge in [-0.1, -0.05) is 0 Å². The van der Waals surface area contributed by atoms with Crippen LogP contribution in [0.4, 0.5) is 13.2 Å². The minimum atomic E-state index is -1.25. The smallest absolute Gasteiger partial charge is 0.184 e. The molecule has 0 aliphatic carbocycles. The van der Waals surface area contributed by atoms with E-state index in [1.165, 1.54) is 4.57 Å². The van der Waals surface area contributed by atoms with Gasteiger partial charge in [-0.05, 0) is 31.3 Å². The number of aromatic nitrogens is 3. The summed E-state index contributed by atoms with van der Waals surface area (Å²) in [6.07, 6.45) is 0. The molecule has 0 amide bonds. The molecule has 0 radical (unpaired) electrons. The van der Waals surface area contributed by atoms with E-state index in [9.17, 15) is 13.2 Å². The topological polar surface area (TPSA) is 33.6 Å². The zero-order valence-corrected chi connectivity index (χ0v) is 11.1. The number of fused-ring (bicyclic) bond motifs is 1. The quantitative estimate of drug-likeness (QED) is 0.547. The highest BCUT2D eigenvalue weighted by Crippen LogP contribution is 2.22. The van der Waals surface area contributed by atoms with E-state index < -0.39 is 17.5 Å². The predicted octanol–water partition coefficient (Wildman–Crippen LogP) is 3.81. The van der Waals surface area contributed by atoms with Gasteiger partial charge in [0.15, 0.2) is 22.1 Å². The number of H-pyrrole nitrogens is 1. The number of hydrogen-bond acceptors (Lipinski definition) is 2. The fraction of sp³-hybridized carbons (Fsp3) is 0.0769. The third kappa shape index (κ3) is 1.90. The Bertz CT molecular complexity index is 882. The molecule has 0 aliphatic heterocycles. The van der Waals surface area contributed by atoms with Gasteiger partial charge in [0, 0.05) is 17.8 Å². The van der Waals surface area contributed by atoms with Gasteiger partial charge in [0.05, 0.1) is 11.2 Å². The minimum Gasteiger partial charge on any atom is -0.329 e. The molecular weight excluding hydrogens is 287 g/mol. The molecule has 3 rings (SSSR count). The van der Waals surface area contributed by atoms with E-state index in [2.05, 4.69) is 9.97 Å². The summed E-state index contributed by atoms with van der Waals surface area (Å²) in [6.45, 7) is 1.77. The molecule has 0 aliphatic rings. The highest BCUT2D eigenvalue weighted by molar-refractivity contribution is 7.71. The first kappa shape index (κ1) is 12.9. The molecule has 1 aromatic carbocycles. The summed E-state index contributed by atoms with van der Waals surface area (Å²) in [6, 6.07) is 4.75. The standard InChI is InChI=1S/C13H8F3N3S/c1-6-2-3-10-12(17-6)19(13(20)18-10)11-5-8(15)7(14)4-9(11)16/h2-5H,1H3,(H,18,20). The summed E-state index contributed by atoms with van der Waals surface area (Å²) < 4.78 is 41.6. The van der Waals surface area contributed by atoms with E-state index >= 15 is 0 Å². The van der Waals surface area contributed by atoms with Crippen molar-refractivity contribution in [1.82, 2.24) is 14.5 Å². The Morgan fingerprint density at radius 1 is 1.10 bits per heavy atom. The van der Waals surface area contributed by atoms with Crippen molar-refractivity contribution in [3.05, 3.63) is 52.2 Å². The second-order valence-electron chi connectivity index (χ2n) is 4.31. The number of hydrogen-bond donors (Lipinski definition) is 1. The van der Waals surface area contributed by atoms with Crippen LogP contribution in [0.2, 0.25) is 0 Å². The molecule has 2 heterocycles. The van der Waals surface area contributed by atoms with Crippen LogP contribution in [0, 0.1) is 29.1 Å². The van der Waals surface area contributed by atoms with Crippen molar-refractivity contribution in [1.29, 1.82) is 0 Å². The Morgan fingerprint density at radius 3 is 2.55 bits per heavy atom. The number of halogens is 3. The number of benzene rings is 1. The summed E-state index contributed by atoms with van der Waals surface area (Å²) in [5.74, 6) is -3.31. The van der Waals surface area contributed by atoms with Gasteiger partial charge in [0.25, 0.3) is 0 Å². The van der Waals surface area contributed by atoms with Crippen molar-refractivity contribution in [2.45, 2.75) is 6.92 Å². The number of aryl methyl sites for hydroxylation is 1. The van der Waals surface area contributed by atoms with E-state index in [0.717, 1.165) is 6.07 Å². The van der Waals surface area contributed by atoms with Crippen LogP contribution >= 0.6 is 12.2 Å². The summed E-state index contributed by atoms with van der Waals surface area (Å²) in [5.41, 5.74) is 1.46. The van der Waals surface area contributed by atoms with Crippen molar-refractivity contribution >= 4 is 23.4 Å². The average Bonchev–Trinajstić information content (AvgIpc) is 2.69. The highest BCUT2D eigenvalue weighted by atomic mass is 32.1. The fourth-order valence-corrected chi connectivity index (χ4v) is 2.28. The molecule has 2 aromatic heterocycles. The van der Waals surface area contributed by atoms with Gasteiger partial charge < -0.3 is 4.98 Å². The molecule has 20 heavy (non-hydrogen) atoms. The first-order valence-corrected chi connectivity index (χ1v) is 6.11. The monoisotopic (exact) mass is 295 g/mol. The molecule has 0 spiro atoms. The molecule has 0 saturated heterocycles. The van der Waals surface area contributed by atoms with Crippen LogP contribution in [0.25, 0.3) is 16.9 Å². The first-order chi connectivity index (χ1) is 9.47. The minimum absolute atomic E-state index is 0.156. The third-order valence-electron chi connectivity index (χ3n) is 2.90. The lowest BCUT2D eigenvalue weighted by Crippen LogP contribution is -2.02. The largest absolute Gasteiger partial charge is 0.329 e. The number of rotatable bonds is 1. The van der Waals surface area contributed by atoms with Gasteiger partial charge in [-0.15, -0.1) is 0 Å². The van der Waals surface area contributed by atoms with Crippen molar-refractivity contribution in [2.24, 2.45) is 0 Å². The van der Waals surface area contributed by atoms with Crippen LogP contribution in [-0.2, 0) is 0 Å². The van der Waals surface area contributed by atoms with Crippen molar-refractivity contribution in [3.8, 4) is 5.69 Å². The maximum absolute atomic E-state index is 13.9. The van der Waals surface area contributed by atoms with Crippen molar-refractivity contribution in [3.63, 3.8) is 0 Å². The highest BCUT2D eigenvalue weighted by Gasteiger charge is 2.15. The molecule has 7 heteroatoms. The summed E-state index contributed by atoms with van der Waals surface area (Å²) in [7, 11) is 0. The van der Waals surface area contributed by atoms with Gasteiger partial charge in [-0.2, -0.15) is 0 Å². The Labute approximate surface area is 116 Å². The first-order valence-electron chi connectivity index (χ1n) is 5.70. The van der Waals surface area contributed by atoms with Crippen LogP contribution in [0.1, 0.15) is 5.69 Å². The molecule has 1 N–H and O–H groups in total. The normalized spacial score (nSPS) is 11.2. The SMILES string of the molecule is Cc1ccc2[nH]c(=S)n(-c3cc(F)c(F)cc3F)c2n1. The van der Waals surface area contributed by atoms with E-state index in [-0.39, 0.29) is 10.5 Å². The lowest BCUT2D eigenvalue weighted by Gasteiger charge is -2.06. The van der Waals surface area contributed by atoms with E-state index in [1.54, 1.807) is 19.1 Å². The fourth-order valence-electron chi connectivity index (χ4n) is 1.99.